The lowest BCUT2D eigenvalue weighted by Gasteiger charge is -2.35. The van der Waals surface area contributed by atoms with Gasteiger partial charge in [-0.25, -0.2) is 0 Å². The molecule has 1 aromatic rings. The third-order valence-corrected chi connectivity index (χ3v) is 4.30. The van der Waals surface area contributed by atoms with Gasteiger partial charge < -0.3 is 9.47 Å². The van der Waals surface area contributed by atoms with E-state index in [1.807, 2.05) is 18.2 Å². The van der Waals surface area contributed by atoms with Crippen LogP contribution in [0.15, 0.2) is 18.2 Å². The molecule has 3 nitrogen and oxygen atoms in total. The number of methoxy groups -OCH3 is 1. The van der Waals surface area contributed by atoms with E-state index < -0.39 is 0 Å². The number of hydrogen-bond donors (Lipinski definition) is 0. The van der Waals surface area contributed by atoms with E-state index in [2.05, 4.69) is 6.92 Å². The van der Waals surface area contributed by atoms with Crippen LogP contribution >= 0.6 is 0 Å². The largest absolute Gasteiger partial charge is 0.496 e. The zero-order valence-electron chi connectivity index (χ0n) is 12.7. The summed E-state index contributed by atoms with van der Waals surface area (Å²) in [7, 11) is 1.70. The molecule has 0 aromatic heterocycles. The van der Waals surface area contributed by atoms with Crippen molar-refractivity contribution >= 4 is 5.97 Å². The van der Waals surface area contributed by atoms with Crippen LogP contribution in [0.3, 0.4) is 0 Å². The average molecular weight is 276 g/mol. The molecule has 3 heteroatoms. The van der Waals surface area contributed by atoms with Crippen LogP contribution in [0.25, 0.3) is 0 Å². The summed E-state index contributed by atoms with van der Waals surface area (Å²) in [6.07, 6.45) is 6.52. The predicted octanol–water partition coefficient (Wildman–Crippen LogP) is 4.23. The highest BCUT2D eigenvalue weighted by Gasteiger charge is 2.31. The van der Waals surface area contributed by atoms with Crippen molar-refractivity contribution in [1.29, 1.82) is 0 Å². The average Bonchev–Trinajstić information content (AvgIpc) is 2.48. The molecule has 1 aliphatic carbocycles. The van der Waals surface area contributed by atoms with Crippen molar-refractivity contribution in [3.8, 4) is 11.5 Å². The summed E-state index contributed by atoms with van der Waals surface area (Å²) >= 11 is 0. The van der Waals surface area contributed by atoms with Gasteiger partial charge in [-0.3, -0.25) is 4.79 Å². The maximum absolute atomic E-state index is 11.4. The monoisotopic (exact) mass is 276 g/mol. The standard InChI is InChI=1S/C17H24O3/c1-4-16(18)20-13-8-9-15(19-3)14(12-13)17(2)10-6-5-7-11-17/h8-9,12H,4-7,10-11H2,1-3H3. The number of benzene rings is 1. The Morgan fingerprint density at radius 2 is 1.95 bits per heavy atom. The van der Waals surface area contributed by atoms with Gasteiger partial charge in [-0.2, -0.15) is 0 Å². The molecule has 0 atom stereocenters. The van der Waals surface area contributed by atoms with Gasteiger partial charge in [-0.05, 0) is 36.5 Å². The van der Waals surface area contributed by atoms with Gasteiger partial charge in [-0.15, -0.1) is 0 Å². The van der Waals surface area contributed by atoms with Crippen LogP contribution < -0.4 is 9.47 Å². The fourth-order valence-electron chi connectivity index (χ4n) is 3.03. The van der Waals surface area contributed by atoms with E-state index in [0.29, 0.717) is 12.2 Å². The second-order valence-electron chi connectivity index (χ2n) is 5.81. The summed E-state index contributed by atoms with van der Waals surface area (Å²) in [5.41, 5.74) is 1.29. The Labute approximate surface area is 121 Å². The second kappa shape index (κ2) is 6.29. The highest BCUT2D eigenvalue weighted by atomic mass is 16.5. The Bertz CT molecular complexity index is 473. The molecule has 20 heavy (non-hydrogen) atoms. The summed E-state index contributed by atoms with van der Waals surface area (Å²) in [5.74, 6) is 1.32. The van der Waals surface area contributed by atoms with Crippen LogP contribution in [-0.4, -0.2) is 13.1 Å². The third kappa shape index (κ3) is 3.14. The number of hydrogen-bond acceptors (Lipinski definition) is 3. The van der Waals surface area contributed by atoms with E-state index >= 15 is 0 Å². The summed E-state index contributed by atoms with van der Waals surface area (Å²) in [6.45, 7) is 4.09. The summed E-state index contributed by atoms with van der Waals surface area (Å²) in [5, 5.41) is 0. The van der Waals surface area contributed by atoms with Crippen molar-refractivity contribution < 1.29 is 14.3 Å². The molecule has 0 unspecified atom stereocenters. The maximum atomic E-state index is 11.4. The van der Waals surface area contributed by atoms with Gasteiger partial charge in [0, 0.05) is 12.0 Å². The molecular formula is C17H24O3. The number of esters is 1. The van der Waals surface area contributed by atoms with Crippen LogP contribution in [0, 0.1) is 0 Å². The van der Waals surface area contributed by atoms with Crippen molar-refractivity contribution in [2.75, 3.05) is 7.11 Å². The Morgan fingerprint density at radius 3 is 2.55 bits per heavy atom. The van der Waals surface area contributed by atoms with E-state index in [-0.39, 0.29) is 11.4 Å². The van der Waals surface area contributed by atoms with Crippen molar-refractivity contribution in [1.82, 2.24) is 0 Å². The molecule has 0 aliphatic heterocycles. The fraction of sp³-hybridized carbons (Fsp3) is 0.588. The molecule has 0 N–H and O–H groups in total. The van der Waals surface area contributed by atoms with Gasteiger partial charge in [0.15, 0.2) is 0 Å². The van der Waals surface area contributed by atoms with Crippen molar-refractivity contribution in [2.45, 2.75) is 57.8 Å². The van der Waals surface area contributed by atoms with Gasteiger partial charge >= 0.3 is 5.97 Å². The molecule has 0 spiro atoms. The van der Waals surface area contributed by atoms with Crippen LogP contribution in [0.1, 0.15) is 57.9 Å². The lowest BCUT2D eigenvalue weighted by atomic mass is 9.70. The number of carbonyl (C=O) groups is 1. The van der Waals surface area contributed by atoms with Crippen LogP contribution in [0.4, 0.5) is 0 Å². The topological polar surface area (TPSA) is 35.5 Å². The molecule has 1 saturated carbocycles. The summed E-state index contributed by atoms with van der Waals surface area (Å²) < 4.78 is 10.9. The number of carbonyl (C=O) groups excluding carboxylic acids is 1. The van der Waals surface area contributed by atoms with Crippen molar-refractivity contribution in [3.63, 3.8) is 0 Å². The highest BCUT2D eigenvalue weighted by molar-refractivity contribution is 5.72. The first-order valence-corrected chi connectivity index (χ1v) is 7.48. The molecule has 0 radical (unpaired) electrons. The Morgan fingerprint density at radius 1 is 1.25 bits per heavy atom. The SMILES string of the molecule is CCC(=O)Oc1ccc(OC)c(C2(C)CCCCC2)c1. The zero-order chi connectivity index (χ0) is 14.6. The number of rotatable bonds is 4. The first-order chi connectivity index (χ1) is 9.59. The van der Waals surface area contributed by atoms with Gasteiger partial charge in [0.25, 0.3) is 0 Å². The molecule has 0 bridgehead atoms. The van der Waals surface area contributed by atoms with Gasteiger partial charge in [-0.1, -0.05) is 33.1 Å². The lowest BCUT2D eigenvalue weighted by Crippen LogP contribution is -2.25. The maximum Gasteiger partial charge on any atom is 0.310 e. The minimum absolute atomic E-state index is 0.123. The normalized spacial score (nSPS) is 17.6. The molecule has 0 saturated heterocycles. The smallest absolute Gasteiger partial charge is 0.310 e. The fourth-order valence-corrected chi connectivity index (χ4v) is 3.03. The molecule has 0 heterocycles. The van der Waals surface area contributed by atoms with Gasteiger partial charge in [0.05, 0.1) is 7.11 Å². The molecule has 1 aromatic carbocycles. The molecule has 2 rings (SSSR count). The molecule has 0 amide bonds. The first-order valence-electron chi connectivity index (χ1n) is 7.48. The Kier molecular flexibility index (Phi) is 4.69. The minimum atomic E-state index is -0.199. The molecule has 1 fully saturated rings. The van der Waals surface area contributed by atoms with Crippen LogP contribution in [-0.2, 0) is 10.2 Å². The third-order valence-electron chi connectivity index (χ3n) is 4.30. The molecule has 1 aliphatic rings. The molecular weight excluding hydrogens is 252 g/mol. The van der Waals surface area contributed by atoms with E-state index in [1.54, 1.807) is 14.0 Å². The number of ether oxygens (including phenoxy) is 2. The first kappa shape index (κ1) is 14.9. The van der Waals surface area contributed by atoms with Crippen LogP contribution in [0.5, 0.6) is 11.5 Å². The lowest BCUT2D eigenvalue weighted by molar-refractivity contribution is -0.134. The summed E-state index contributed by atoms with van der Waals surface area (Å²) in [4.78, 5) is 11.4. The quantitative estimate of drug-likeness (QED) is 0.609. The Balaban J connectivity index is 2.33. The van der Waals surface area contributed by atoms with Crippen molar-refractivity contribution in [3.05, 3.63) is 23.8 Å². The van der Waals surface area contributed by atoms with Gasteiger partial charge in [0.2, 0.25) is 0 Å². The predicted molar refractivity (Wildman–Crippen MR) is 79.4 cm³/mol. The minimum Gasteiger partial charge on any atom is -0.496 e. The Hall–Kier alpha value is -1.51. The summed E-state index contributed by atoms with van der Waals surface area (Å²) in [6, 6.07) is 5.70. The highest BCUT2D eigenvalue weighted by Crippen LogP contribution is 2.44. The zero-order valence-corrected chi connectivity index (χ0v) is 12.7. The van der Waals surface area contributed by atoms with Crippen LogP contribution in [0.2, 0.25) is 0 Å². The van der Waals surface area contributed by atoms with E-state index in [0.717, 1.165) is 18.6 Å². The van der Waals surface area contributed by atoms with E-state index in [4.69, 9.17) is 9.47 Å². The van der Waals surface area contributed by atoms with Gasteiger partial charge in [0.1, 0.15) is 11.5 Å². The van der Waals surface area contributed by atoms with E-state index in [9.17, 15) is 4.79 Å². The van der Waals surface area contributed by atoms with Crippen molar-refractivity contribution in [2.24, 2.45) is 0 Å². The molecule has 110 valence electrons. The van der Waals surface area contributed by atoms with E-state index in [1.165, 1.54) is 24.8 Å². The second-order valence-corrected chi connectivity index (χ2v) is 5.81.